The van der Waals surface area contributed by atoms with Crippen LogP contribution in [0.4, 0.5) is 0 Å². The van der Waals surface area contributed by atoms with Gasteiger partial charge < -0.3 is 0 Å². The van der Waals surface area contributed by atoms with Gasteiger partial charge in [0.2, 0.25) is 0 Å². The van der Waals surface area contributed by atoms with Crippen LogP contribution in [0.15, 0.2) is 96.4 Å². The van der Waals surface area contributed by atoms with Crippen molar-refractivity contribution >= 4 is 35.2 Å². The first-order chi connectivity index (χ1) is 14.1. The second-order valence-corrected chi connectivity index (χ2v) is 8.45. The molecule has 1 atom stereocenters. The number of benzene rings is 3. The third-order valence-electron chi connectivity index (χ3n) is 5.02. The summed E-state index contributed by atoms with van der Waals surface area (Å²) in [5, 5.41) is 0.585. The molecule has 4 rings (SSSR count). The number of amides is 2. The minimum atomic E-state index is -0.763. The number of hydrogen-bond donors (Lipinski definition) is 0. The topological polar surface area (TPSA) is 37.4 Å². The van der Waals surface area contributed by atoms with E-state index >= 15 is 0 Å². The van der Waals surface area contributed by atoms with Crippen LogP contribution in [-0.2, 0) is 9.54 Å². The highest BCUT2D eigenvalue weighted by Crippen LogP contribution is 2.51. The molecule has 5 heteroatoms. The SMILES string of the molecule is C=CC(=O)N1CC(c2ccccc2)(c2ccccc2Cl)Sc2ccccc2C1=O. The van der Waals surface area contributed by atoms with Gasteiger partial charge in [0.05, 0.1) is 16.9 Å². The molecule has 0 N–H and O–H groups in total. The molecule has 29 heavy (non-hydrogen) atoms. The second-order valence-electron chi connectivity index (χ2n) is 6.70. The average Bonchev–Trinajstić information content (AvgIpc) is 2.90. The zero-order valence-corrected chi connectivity index (χ0v) is 17.1. The lowest BCUT2D eigenvalue weighted by molar-refractivity contribution is -0.123. The molecule has 0 bridgehead atoms. The minimum Gasteiger partial charge on any atom is -0.273 e. The summed E-state index contributed by atoms with van der Waals surface area (Å²) in [6.45, 7) is 3.73. The van der Waals surface area contributed by atoms with Crippen molar-refractivity contribution in [3.63, 3.8) is 0 Å². The van der Waals surface area contributed by atoms with Gasteiger partial charge in [-0.1, -0.05) is 78.8 Å². The van der Waals surface area contributed by atoms with E-state index in [1.807, 2.05) is 66.7 Å². The molecule has 1 unspecified atom stereocenters. The number of rotatable bonds is 3. The van der Waals surface area contributed by atoms with Crippen molar-refractivity contribution < 1.29 is 9.59 Å². The maximum atomic E-state index is 13.3. The first kappa shape index (κ1) is 19.5. The Hall–Kier alpha value is -2.82. The standard InChI is InChI=1S/C24H18ClNO2S/c1-2-22(27)26-16-24(17-10-4-3-5-11-17,19-13-7-8-14-20(19)25)29-21-15-9-6-12-18(21)23(26)28/h2-15H,1,16H2. The number of hydrogen-bond acceptors (Lipinski definition) is 3. The van der Waals surface area contributed by atoms with Crippen molar-refractivity contribution in [1.29, 1.82) is 0 Å². The summed E-state index contributed by atoms with van der Waals surface area (Å²) in [6, 6.07) is 24.8. The summed E-state index contributed by atoms with van der Waals surface area (Å²) in [6.07, 6.45) is 1.18. The lowest BCUT2D eigenvalue weighted by atomic mass is 9.89. The number of nitrogens with zero attached hydrogens (tertiary/aromatic N) is 1. The van der Waals surface area contributed by atoms with Crippen LogP contribution in [0.3, 0.4) is 0 Å². The van der Waals surface area contributed by atoms with Crippen LogP contribution in [0.25, 0.3) is 0 Å². The Labute approximate surface area is 179 Å². The van der Waals surface area contributed by atoms with E-state index in [1.54, 1.807) is 23.9 Å². The van der Waals surface area contributed by atoms with E-state index in [9.17, 15) is 9.59 Å². The molecule has 144 valence electrons. The molecular weight excluding hydrogens is 402 g/mol. The predicted molar refractivity (Wildman–Crippen MR) is 117 cm³/mol. The molecule has 0 spiro atoms. The van der Waals surface area contributed by atoms with Crippen LogP contribution >= 0.6 is 23.4 Å². The van der Waals surface area contributed by atoms with E-state index in [0.717, 1.165) is 16.0 Å². The van der Waals surface area contributed by atoms with E-state index < -0.39 is 10.7 Å². The van der Waals surface area contributed by atoms with Gasteiger partial charge in [0.15, 0.2) is 0 Å². The number of imide groups is 1. The lowest BCUT2D eigenvalue weighted by Crippen LogP contribution is -2.44. The van der Waals surface area contributed by atoms with E-state index in [1.165, 1.54) is 11.0 Å². The molecule has 0 saturated heterocycles. The summed E-state index contributed by atoms with van der Waals surface area (Å²) >= 11 is 8.20. The first-order valence-corrected chi connectivity index (χ1v) is 10.3. The van der Waals surface area contributed by atoms with Crippen LogP contribution < -0.4 is 0 Å². The fraction of sp³-hybridized carbons (Fsp3) is 0.0833. The van der Waals surface area contributed by atoms with E-state index in [-0.39, 0.29) is 12.5 Å². The highest BCUT2D eigenvalue weighted by molar-refractivity contribution is 8.00. The largest absolute Gasteiger partial charge is 0.273 e. The number of fused-ring (bicyclic) bond motifs is 1. The zero-order chi connectivity index (χ0) is 20.4. The van der Waals surface area contributed by atoms with Gasteiger partial charge in [-0.2, -0.15) is 0 Å². The summed E-state index contributed by atoms with van der Waals surface area (Å²) in [4.78, 5) is 28.1. The Kier molecular flexibility index (Phi) is 5.31. The fourth-order valence-electron chi connectivity index (χ4n) is 3.62. The molecular formula is C24H18ClNO2S. The van der Waals surface area contributed by atoms with Crippen LogP contribution in [0.2, 0.25) is 5.02 Å². The predicted octanol–water partition coefficient (Wildman–Crippen LogP) is 5.54. The van der Waals surface area contributed by atoms with Crippen molar-refractivity contribution in [1.82, 2.24) is 4.90 Å². The highest BCUT2D eigenvalue weighted by Gasteiger charge is 2.44. The normalized spacial score (nSPS) is 18.7. The van der Waals surface area contributed by atoms with Gasteiger partial charge >= 0.3 is 0 Å². The monoisotopic (exact) mass is 419 g/mol. The second kappa shape index (κ2) is 7.90. The molecule has 0 aromatic heterocycles. The van der Waals surface area contributed by atoms with Gasteiger partial charge in [0, 0.05) is 9.92 Å². The molecule has 0 fully saturated rings. The number of thioether (sulfide) groups is 1. The van der Waals surface area contributed by atoms with Crippen LogP contribution in [0, 0.1) is 0 Å². The van der Waals surface area contributed by atoms with Crippen molar-refractivity contribution in [2.45, 2.75) is 9.64 Å². The van der Waals surface area contributed by atoms with Gasteiger partial charge in [-0.05, 0) is 35.4 Å². The van der Waals surface area contributed by atoms with Gasteiger partial charge in [0.25, 0.3) is 11.8 Å². The molecule has 1 aliphatic heterocycles. The van der Waals surface area contributed by atoms with Gasteiger partial charge in [0.1, 0.15) is 0 Å². The summed E-state index contributed by atoms with van der Waals surface area (Å²) in [5.41, 5.74) is 2.31. The Morgan fingerprint density at radius 2 is 1.66 bits per heavy atom. The van der Waals surface area contributed by atoms with Gasteiger partial charge in [-0.3, -0.25) is 14.5 Å². The number of carbonyl (C=O) groups excluding carboxylic acids is 2. The highest BCUT2D eigenvalue weighted by atomic mass is 35.5. The fourth-order valence-corrected chi connectivity index (χ4v) is 5.50. The molecule has 1 heterocycles. The zero-order valence-electron chi connectivity index (χ0n) is 15.5. The molecule has 0 radical (unpaired) electrons. The molecule has 1 aliphatic rings. The Morgan fingerprint density at radius 3 is 2.38 bits per heavy atom. The number of halogens is 1. The quantitative estimate of drug-likeness (QED) is 0.523. The van der Waals surface area contributed by atoms with E-state index in [2.05, 4.69) is 6.58 Å². The molecule has 3 aromatic carbocycles. The summed E-state index contributed by atoms with van der Waals surface area (Å²) in [5.74, 6) is -0.762. The summed E-state index contributed by atoms with van der Waals surface area (Å²) < 4.78 is -0.763. The number of carbonyl (C=O) groups is 2. The molecule has 3 aromatic rings. The Morgan fingerprint density at radius 1 is 1.00 bits per heavy atom. The molecule has 2 amide bonds. The third kappa shape index (κ3) is 3.39. The molecule has 3 nitrogen and oxygen atoms in total. The Bertz CT molecular complexity index is 1100. The maximum absolute atomic E-state index is 13.3. The smallest absolute Gasteiger partial charge is 0.261 e. The Balaban J connectivity index is 2.04. The van der Waals surface area contributed by atoms with Crippen LogP contribution in [-0.4, -0.2) is 23.3 Å². The lowest BCUT2D eigenvalue weighted by Gasteiger charge is -2.36. The minimum absolute atomic E-state index is 0.143. The molecule has 0 aliphatic carbocycles. The first-order valence-electron chi connectivity index (χ1n) is 9.13. The average molecular weight is 420 g/mol. The van der Waals surface area contributed by atoms with Crippen molar-refractivity contribution in [3.8, 4) is 0 Å². The molecule has 0 saturated carbocycles. The van der Waals surface area contributed by atoms with Crippen molar-refractivity contribution in [3.05, 3.63) is 113 Å². The van der Waals surface area contributed by atoms with E-state index in [4.69, 9.17) is 11.6 Å². The van der Waals surface area contributed by atoms with Crippen LogP contribution in [0.1, 0.15) is 21.5 Å². The van der Waals surface area contributed by atoms with Gasteiger partial charge in [-0.25, -0.2) is 0 Å². The third-order valence-corrected chi connectivity index (χ3v) is 6.86. The van der Waals surface area contributed by atoms with Crippen LogP contribution in [0.5, 0.6) is 0 Å². The maximum Gasteiger partial charge on any atom is 0.261 e. The van der Waals surface area contributed by atoms with E-state index in [0.29, 0.717) is 10.6 Å². The summed E-state index contributed by atoms with van der Waals surface area (Å²) in [7, 11) is 0. The van der Waals surface area contributed by atoms with Gasteiger partial charge in [-0.15, -0.1) is 11.8 Å². The van der Waals surface area contributed by atoms with Crippen molar-refractivity contribution in [2.75, 3.05) is 6.54 Å². The van der Waals surface area contributed by atoms with Crippen molar-refractivity contribution in [2.24, 2.45) is 0 Å².